The minimum absolute atomic E-state index is 0.180. The van der Waals surface area contributed by atoms with Gasteiger partial charge in [0.25, 0.3) is 5.91 Å². The molecule has 1 amide bonds. The maximum Gasteiger partial charge on any atom is 0.274 e. The number of morpholine rings is 1. The lowest BCUT2D eigenvalue weighted by molar-refractivity contribution is 0.102. The van der Waals surface area contributed by atoms with Crippen LogP contribution in [0, 0.1) is 20.8 Å². The third-order valence-corrected chi connectivity index (χ3v) is 4.27. The Morgan fingerprint density at radius 2 is 1.79 bits per heavy atom. The summed E-state index contributed by atoms with van der Waals surface area (Å²) in [4.78, 5) is 19.1. The summed E-state index contributed by atoms with van der Waals surface area (Å²) in [6.07, 6.45) is 1.69. The van der Waals surface area contributed by atoms with Crippen molar-refractivity contribution >= 4 is 17.3 Å². The van der Waals surface area contributed by atoms with Gasteiger partial charge in [0.1, 0.15) is 5.69 Å². The van der Waals surface area contributed by atoms with Crippen LogP contribution in [-0.2, 0) is 4.74 Å². The van der Waals surface area contributed by atoms with Crippen LogP contribution in [0.4, 0.5) is 11.4 Å². The fraction of sp³-hybridized carbons (Fsp3) is 0.368. The van der Waals surface area contributed by atoms with Crippen LogP contribution < -0.4 is 10.2 Å². The normalized spacial score (nSPS) is 14.5. The van der Waals surface area contributed by atoms with E-state index < -0.39 is 0 Å². The van der Waals surface area contributed by atoms with Crippen molar-refractivity contribution in [2.24, 2.45) is 0 Å². The van der Waals surface area contributed by atoms with Gasteiger partial charge in [0.15, 0.2) is 0 Å². The summed E-state index contributed by atoms with van der Waals surface area (Å²) in [6.45, 7) is 9.17. The summed E-state index contributed by atoms with van der Waals surface area (Å²) in [7, 11) is 0. The Labute approximate surface area is 142 Å². The maximum absolute atomic E-state index is 12.6. The second-order valence-electron chi connectivity index (χ2n) is 6.23. The zero-order valence-corrected chi connectivity index (χ0v) is 14.4. The molecule has 0 radical (unpaired) electrons. The van der Waals surface area contributed by atoms with Gasteiger partial charge in [-0.15, -0.1) is 0 Å². The molecule has 0 unspecified atom stereocenters. The van der Waals surface area contributed by atoms with Gasteiger partial charge in [-0.3, -0.25) is 9.78 Å². The number of hydrogen-bond acceptors (Lipinski definition) is 4. The largest absolute Gasteiger partial charge is 0.378 e. The van der Waals surface area contributed by atoms with E-state index >= 15 is 0 Å². The number of aryl methyl sites for hydroxylation is 3. The van der Waals surface area contributed by atoms with Gasteiger partial charge in [0.05, 0.1) is 13.2 Å². The van der Waals surface area contributed by atoms with E-state index in [4.69, 9.17) is 4.74 Å². The highest BCUT2D eigenvalue weighted by Gasteiger charge is 2.15. The number of nitrogens with zero attached hydrogens (tertiary/aromatic N) is 2. The molecule has 1 aromatic carbocycles. The number of nitrogens with one attached hydrogen (secondary N) is 1. The van der Waals surface area contributed by atoms with Crippen LogP contribution in [0.2, 0.25) is 0 Å². The maximum atomic E-state index is 12.6. The van der Waals surface area contributed by atoms with Gasteiger partial charge in [0.2, 0.25) is 0 Å². The van der Waals surface area contributed by atoms with Crippen molar-refractivity contribution in [3.05, 3.63) is 52.8 Å². The zero-order chi connectivity index (χ0) is 17.1. The topological polar surface area (TPSA) is 54.5 Å². The Bertz CT molecular complexity index is 729. The fourth-order valence-electron chi connectivity index (χ4n) is 3.12. The predicted octanol–water partition coefficient (Wildman–Crippen LogP) is 3.10. The molecule has 1 aromatic heterocycles. The standard InChI is InChI=1S/C19H23N3O2/c1-13-10-14(2)18(15(3)11-13)21-19(23)17-12-16(4-5-20-17)22-6-8-24-9-7-22/h4-5,10-12H,6-9H2,1-3H3,(H,21,23). The first-order chi connectivity index (χ1) is 11.5. The number of carbonyl (C=O) groups is 1. The van der Waals surface area contributed by atoms with Gasteiger partial charge in [0, 0.05) is 30.7 Å². The summed E-state index contributed by atoms with van der Waals surface area (Å²) in [5.74, 6) is -0.180. The highest BCUT2D eigenvalue weighted by molar-refractivity contribution is 6.04. The second-order valence-corrected chi connectivity index (χ2v) is 6.23. The molecule has 5 nitrogen and oxygen atoms in total. The average Bonchev–Trinajstić information content (AvgIpc) is 2.59. The van der Waals surface area contributed by atoms with E-state index in [1.54, 1.807) is 6.20 Å². The lowest BCUT2D eigenvalue weighted by Crippen LogP contribution is -2.36. The Hall–Kier alpha value is -2.40. The van der Waals surface area contributed by atoms with Crippen molar-refractivity contribution in [2.45, 2.75) is 20.8 Å². The van der Waals surface area contributed by atoms with Crippen molar-refractivity contribution in [2.75, 3.05) is 36.5 Å². The average molecular weight is 325 g/mol. The SMILES string of the molecule is Cc1cc(C)c(NC(=O)c2cc(N3CCOCC3)ccn2)c(C)c1. The molecule has 1 aliphatic heterocycles. The van der Waals surface area contributed by atoms with Gasteiger partial charge in [-0.25, -0.2) is 0 Å². The molecule has 3 rings (SSSR count). The summed E-state index contributed by atoms with van der Waals surface area (Å²) in [5.41, 5.74) is 5.61. The first-order valence-electron chi connectivity index (χ1n) is 8.22. The second kappa shape index (κ2) is 7.01. The van der Waals surface area contributed by atoms with Crippen LogP contribution in [-0.4, -0.2) is 37.2 Å². The first-order valence-corrected chi connectivity index (χ1v) is 8.22. The van der Waals surface area contributed by atoms with Crippen LogP contribution >= 0.6 is 0 Å². The summed E-state index contributed by atoms with van der Waals surface area (Å²) < 4.78 is 5.38. The smallest absolute Gasteiger partial charge is 0.274 e. The molecule has 1 fully saturated rings. The predicted molar refractivity (Wildman–Crippen MR) is 95.9 cm³/mol. The van der Waals surface area contributed by atoms with Gasteiger partial charge >= 0.3 is 0 Å². The number of anilines is 2. The first kappa shape index (κ1) is 16.5. The van der Waals surface area contributed by atoms with E-state index in [-0.39, 0.29) is 5.91 Å². The van der Waals surface area contributed by atoms with Crippen molar-refractivity contribution in [1.29, 1.82) is 0 Å². The van der Waals surface area contributed by atoms with Crippen molar-refractivity contribution in [3.63, 3.8) is 0 Å². The number of pyridine rings is 1. The third kappa shape index (κ3) is 3.57. The molecule has 0 atom stereocenters. The Morgan fingerprint density at radius 3 is 2.46 bits per heavy atom. The molecule has 126 valence electrons. The molecule has 1 N–H and O–H groups in total. The lowest BCUT2D eigenvalue weighted by Gasteiger charge is -2.28. The minimum atomic E-state index is -0.180. The van der Waals surface area contributed by atoms with Crippen molar-refractivity contribution in [3.8, 4) is 0 Å². The molecule has 0 bridgehead atoms. The molecule has 0 saturated carbocycles. The molecule has 2 aromatic rings. The van der Waals surface area contributed by atoms with E-state index in [0.29, 0.717) is 18.9 Å². The molecule has 0 spiro atoms. The molecule has 0 aliphatic carbocycles. The van der Waals surface area contributed by atoms with Gasteiger partial charge in [-0.2, -0.15) is 0 Å². The third-order valence-electron chi connectivity index (χ3n) is 4.27. The van der Waals surface area contributed by atoms with Crippen molar-refractivity contribution < 1.29 is 9.53 Å². The van der Waals surface area contributed by atoms with E-state index in [2.05, 4.69) is 34.3 Å². The monoisotopic (exact) mass is 325 g/mol. The minimum Gasteiger partial charge on any atom is -0.378 e. The van der Waals surface area contributed by atoms with Crippen LogP contribution in [0.15, 0.2) is 30.5 Å². The van der Waals surface area contributed by atoms with Gasteiger partial charge < -0.3 is 15.0 Å². The molecule has 1 aliphatic rings. The van der Waals surface area contributed by atoms with E-state index in [1.165, 1.54) is 5.56 Å². The molecule has 24 heavy (non-hydrogen) atoms. The fourth-order valence-corrected chi connectivity index (χ4v) is 3.12. The van der Waals surface area contributed by atoms with E-state index in [0.717, 1.165) is 35.6 Å². The molecular weight excluding hydrogens is 302 g/mol. The molecule has 5 heteroatoms. The van der Waals surface area contributed by atoms with E-state index in [9.17, 15) is 4.79 Å². The number of rotatable bonds is 3. The Morgan fingerprint density at radius 1 is 1.12 bits per heavy atom. The number of aromatic nitrogens is 1. The summed E-state index contributed by atoms with van der Waals surface area (Å²) in [5, 5.41) is 3.01. The summed E-state index contributed by atoms with van der Waals surface area (Å²) >= 11 is 0. The molecular formula is C19H23N3O2. The highest BCUT2D eigenvalue weighted by atomic mass is 16.5. The van der Waals surface area contributed by atoms with Crippen molar-refractivity contribution in [1.82, 2.24) is 4.98 Å². The molecule has 2 heterocycles. The number of amides is 1. The van der Waals surface area contributed by atoms with E-state index in [1.807, 2.05) is 26.0 Å². The van der Waals surface area contributed by atoms with Crippen LogP contribution in [0.3, 0.4) is 0 Å². The van der Waals surface area contributed by atoms with Gasteiger partial charge in [-0.05, 0) is 44.0 Å². The number of hydrogen-bond donors (Lipinski definition) is 1. The highest BCUT2D eigenvalue weighted by Crippen LogP contribution is 2.23. The Balaban J connectivity index is 1.80. The quantitative estimate of drug-likeness (QED) is 0.942. The summed E-state index contributed by atoms with van der Waals surface area (Å²) in [6, 6.07) is 7.92. The number of carbonyl (C=O) groups excluding carboxylic acids is 1. The van der Waals surface area contributed by atoms with Crippen LogP contribution in [0.5, 0.6) is 0 Å². The lowest BCUT2D eigenvalue weighted by atomic mass is 10.0. The number of ether oxygens (including phenoxy) is 1. The number of benzene rings is 1. The van der Waals surface area contributed by atoms with Gasteiger partial charge in [-0.1, -0.05) is 17.7 Å². The molecule has 1 saturated heterocycles. The van der Waals surface area contributed by atoms with Crippen LogP contribution in [0.1, 0.15) is 27.2 Å². The van der Waals surface area contributed by atoms with Crippen LogP contribution in [0.25, 0.3) is 0 Å². The Kier molecular flexibility index (Phi) is 4.81. The zero-order valence-electron chi connectivity index (χ0n) is 14.4.